The number of fused-ring (bicyclic) bond motifs is 1. The van der Waals surface area contributed by atoms with Crippen molar-refractivity contribution in [3.05, 3.63) is 100 Å². The minimum Gasteiger partial charge on any atom is -0.493 e. The summed E-state index contributed by atoms with van der Waals surface area (Å²) in [6, 6.07) is 14.1. The van der Waals surface area contributed by atoms with Gasteiger partial charge in [-0.05, 0) is 48.4 Å². The van der Waals surface area contributed by atoms with Crippen LogP contribution in [0.25, 0.3) is 22.3 Å². The molecule has 8 nitrogen and oxygen atoms in total. The maximum atomic E-state index is 13.4. The number of carbonyl (C=O) groups is 1. The molecule has 0 bridgehead atoms. The Balaban J connectivity index is 1.88. The first-order valence-corrected chi connectivity index (χ1v) is 11.5. The molecule has 0 aliphatic heterocycles. The van der Waals surface area contributed by atoms with E-state index in [1.165, 1.54) is 31.5 Å². The SMILES string of the molecule is C=CCc1cc(C=Nn2c(-c3cccc(C(F)(F)F)c3)nc3ccccc3c2=O)cc(OC)c1OCC(=O)O. The molecule has 200 valence electrons. The quantitative estimate of drug-likeness (QED) is 0.234. The van der Waals surface area contributed by atoms with E-state index in [4.69, 9.17) is 14.6 Å². The fourth-order valence-corrected chi connectivity index (χ4v) is 3.89. The van der Waals surface area contributed by atoms with Gasteiger partial charge in [-0.2, -0.15) is 22.9 Å². The molecule has 1 aromatic heterocycles. The van der Waals surface area contributed by atoms with E-state index in [2.05, 4.69) is 16.7 Å². The summed E-state index contributed by atoms with van der Waals surface area (Å²) in [5, 5.41) is 13.5. The molecular weight excluding hydrogens is 515 g/mol. The molecule has 0 unspecified atom stereocenters. The second-order valence-electron chi connectivity index (χ2n) is 8.28. The van der Waals surface area contributed by atoms with Gasteiger partial charge < -0.3 is 14.6 Å². The topological polar surface area (TPSA) is 103 Å². The molecular formula is C28H22F3N3O5. The molecule has 4 aromatic rings. The molecule has 3 aromatic carbocycles. The van der Waals surface area contributed by atoms with Crippen molar-refractivity contribution in [1.29, 1.82) is 0 Å². The molecule has 0 aliphatic carbocycles. The van der Waals surface area contributed by atoms with Crippen LogP contribution in [0.5, 0.6) is 11.5 Å². The molecule has 0 spiro atoms. The van der Waals surface area contributed by atoms with Gasteiger partial charge in [0.15, 0.2) is 23.9 Å². The van der Waals surface area contributed by atoms with Crippen molar-refractivity contribution in [2.75, 3.05) is 13.7 Å². The predicted octanol–water partition coefficient (Wildman–Crippen LogP) is 5.17. The second-order valence-corrected chi connectivity index (χ2v) is 8.28. The van der Waals surface area contributed by atoms with Crippen molar-refractivity contribution in [2.24, 2.45) is 5.10 Å². The number of hydrogen-bond acceptors (Lipinski definition) is 6. The van der Waals surface area contributed by atoms with Crippen LogP contribution in [0.4, 0.5) is 13.2 Å². The number of rotatable bonds is 9. The van der Waals surface area contributed by atoms with Crippen molar-refractivity contribution in [1.82, 2.24) is 9.66 Å². The monoisotopic (exact) mass is 537 g/mol. The zero-order valence-electron chi connectivity index (χ0n) is 20.6. The van der Waals surface area contributed by atoms with Gasteiger partial charge in [0.1, 0.15) is 0 Å². The van der Waals surface area contributed by atoms with Gasteiger partial charge in [0.05, 0.1) is 29.8 Å². The summed E-state index contributed by atoms with van der Waals surface area (Å²) in [7, 11) is 1.38. The lowest BCUT2D eigenvalue weighted by Crippen LogP contribution is -2.20. The molecule has 39 heavy (non-hydrogen) atoms. The van der Waals surface area contributed by atoms with Gasteiger partial charge in [-0.1, -0.05) is 30.3 Å². The van der Waals surface area contributed by atoms with E-state index in [1.807, 2.05) is 0 Å². The average molecular weight is 537 g/mol. The molecule has 0 amide bonds. The molecule has 4 rings (SSSR count). The number of halogens is 3. The third-order valence-electron chi connectivity index (χ3n) is 5.60. The zero-order valence-corrected chi connectivity index (χ0v) is 20.6. The maximum Gasteiger partial charge on any atom is 0.416 e. The number of ether oxygens (including phenoxy) is 2. The molecule has 0 atom stereocenters. The number of carboxylic acid groups (broad SMARTS) is 1. The van der Waals surface area contributed by atoms with Crippen LogP contribution in [-0.2, 0) is 17.4 Å². The summed E-state index contributed by atoms with van der Waals surface area (Å²) in [6.45, 7) is 3.11. The van der Waals surface area contributed by atoms with E-state index in [0.717, 1.165) is 16.8 Å². The smallest absolute Gasteiger partial charge is 0.416 e. The summed E-state index contributed by atoms with van der Waals surface area (Å²) in [4.78, 5) is 28.9. The largest absolute Gasteiger partial charge is 0.493 e. The number of aromatic nitrogens is 2. The first-order valence-electron chi connectivity index (χ1n) is 11.5. The fourth-order valence-electron chi connectivity index (χ4n) is 3.89. The minimum absolute atomic E-state index is 0.0483. The molecule has 1 heterocycles. The van der Waals surface area contributed by atoms with Crippen molar-refractivity contribution in [3.8, 4) is 22.9 Å². The number of methoxy groups -OCH3 is 1. The van der Waals surface area contributed by atoms with E-state index >= 15 is 0 Å². The Morgan fingerprint density at radius 2 is 1.92 bits per heavy atom. The van der Waals surface area contributed by atoms with E-state index in [1.54, 1.807) is 36.4 Å². The van der Waals surface area contributed by atoms with Gasteiger partial charge >= 0.3 is 12.1 Å². The highest BCUT2D eigenvalue weighted by Gasteiger charge is 2.31. The van der Waals surface area contributed by atoms with Crippen LogP contribution >= 0.6 is 0 Å². The van der Waals surface area contributed by atoms with Crippen LogP contribution in [0.15, 0.2) is 83.2 Å². The Hall–Kier alpha value is -4.93. The van der Waals surface area contributed by atoms with Gasteiger partial charge in [0.25, 0.3) is 5.56 Å². The second kappa shape index (κ2) is 11.2. The molecule has 0 saturated carbocycles. The highest BCUT2D eigenvalue weighted by Crippen LogP contribution is 2.34. The highest BCUT2D eigenvalue weighted by molar-refractivity contribution is 5.83. The van der Waals surface area contributed by atoms with Crippen LogP contribution in [0, 0.1) is 0 Å². The van der Waals surface area contributed by atoms with Gasteiger partial charge in [-0.15, -0.1) is 6.58 Å². The number of para-hydroxylation sites is 1. The minimum atomic E-state index is -4.59. The average Bonchev–Trinajstić information content (AvgIpc) is 2.91. The van der Waals surface area contributed by atoms with Gasteiger partial charge in [-0.3, -0.25) is 4.79 Å². The molecule has 0 aliphatic rings. The Labute approximate surface area is 220 Å². The molecule has 0 saturated heterocycles. The summed E-state index contributed by atoms with van der Waals surface area (Å²) >= 11 is 0. The lowest BCUT2D eigenvalue weighted by molar-refractivity contribution is -0.139. The molecule has 0 fully saturated rings. The third-order valence-corrected chi connectivity index (χ3v) is 5.60. The summed E-state index contributed by atoms with van der Waals surface area (Å²) < 4.78 is 51.9. The fraction of sp³-hybridized carbons (Fsp3) is 0.143. The Morgan fingerprint density at radius 1 is 1.15 bits per heavy atom. The molecule has 0 radical (unpaired) electrons. The van der Waals surface area contributed by atoms with Gasteiger partial charge in [-0.25, -0.2) is 9.78 Å². The van der Waals surface area contributed by atoms with Crippen LogP contribution < -0.4 is 15.0 Å². The summed E-state index contributed by atoms with van der Waals surface area (Å²) in [5.74, 6) is -0.816. The number of aliphatic carboxylic acids is 1. The van der Waals surface area contributed by atoms with Crippen LogP contribution in [0.2, 0.25) is 0 Å². The van der Waals surface area contributed by atoms with Crippen LogP contribution in [0.1, 0.15) is 16.7 Å². The van der Waals surface area contributed by atoms with Crippen LogP contribution in [0.3, 0.4) is 0 Å². The van der Waals surface area contributed by atoms with E-state index < -0.39 is 29.9 Å². The van der Waals surface area contributed by atoms with E-state index in [0.29, 0.717) is 23.1 Å². The zero-order chi connectivity index (χ0) is 28.2. The first kappa shape index (κ1) is 27.1. The maximum absolute atomic E-state index is 13.4. The number of carboxylic acids is 1. The summed E-state index contributed by atoms with van der Waals surface area (Å²) in [6.07, 6.45) is -1.37. The number of nitrogens with zero attached hydrogens (tertiary/aromatic N) is 3. The summed E-state index contributed by atoms with van der Waals surface area (Å²) in [5.41, 5.74) is -0.128. The van der Waals surface area contributed by atoms with Crippen molar-refractivity contribution < 1.29 is 32.5 Å². The normalized spacial score (nSPS) is 11.6. The van der Waals surface area contributed by atoms with Crippen molar-refractivity contribution in [3.63, 3.8) is 0 Å². The van der Waals surface area contributed by atoms with Gasteiger partial charge in [0.2, 0.25) is 0 Å². The Bertz CT molecular complexity index is 1640. The van der Waals surface area contributed by atoms with Crippen LogP contribution in [-0.4, -0.2) is 40.7 Å². The Kier molecular flexibility index (Phi) is 7.80. The van der Waals surface area contributed by atoms with Crippen molar-refractivity contribution in [2.45, 2.75) is 12.6 Å². The van der Waals surface area contributed by atoms with E-state index in [9.17, 15) is 22.8 Å². The van der Waals surface area contributed by atoms with E-state index in [-0.39, 0.29) is 28.3 Å². The standard InChI is InChI=1S/C28H22F3N3O5/c1-3-7-18-12-17(13-23(38-2)25(18)39-16-24(35)36)15-32-34-26(19-8-6-9-20(14-19)28(29,30)31)33-22-11-5-4-10-21(22)27(34)37/h3-6,8-15H,1,7,16H2,2H3,(H,35,36). The molecule has 1 N–H and O–H groups in total. The number of benzene rings is 3. The lowest BCUT2D eigenvalue weighted by Gasteiger charge is -2.15. The molecule has 11 heteroatoms. The number of alkyl halides is 3. The predicted molar refractivity (Wildman–Crippen MR) is 139 cm³/mol. The van der Waals surface area contributed by atoms with Crippen molar-refractivity contribution >= 4 is 23.1 Å². The lowest BCUT2D eigenvalue weighted by atomic mass is 10.1. The third kappa shape index (κ3) is 5.98. The Morgan fingerprint density at radius 3 is 2.62 bits per heavy atom. The first-order chi connectivity index (χ1) is 18.6. The number of allylic oxidation sites excluding steroid dienone is 1. The highest BCUT2D eigenvalue weighted by atomic mass is 19.4. The van der Waals surface area contributed by atoms with Gasteiger partial charge in [0, 0.05) is 11.1 Å². The number of hydrogen-bond donors (Lipinski definition) is 1.